The average molecular weight is 1870 g/mol. The van der Waals surface area contributed by atoms with E-state index in [-0.39, 0.29) is 45.5 Å². The number of ether oxygens (including phenoxy) is 4. The number of phenolic OH excluding ortho intramolecular Hbond substituents is 4. The molecule has 8 aromatic rings. The van der Waals surface area contributed by atoms with Gasteiger partial charge in [-0.2, -0.15) is 47.0 Å². The van der Waals surface area contributed by atoms with Crippen LogP contribution >= 0.6 is 94.1 Å². The summed E-state index contributed by atoms with van der Waals surface area (Å²) < 4.78 is 22.9. The molecule has 8 aromatic carbocycles. The molecule has 126 heavy (non-hydrogen) atoms. The van der Waals surface area contributed by atoms with Crippen LogP contribution in [0.15, 0.2) is 136 Å². The van der Waals surface area contributed by atoms with Gasteiger partial charge in [-0.15, -0.1) is 0 Å². The maximum Gasteiger partial charge on any atom is 0.312 e. The summed E-state index contributed by atoms with van der Waals surface area (Å²) in [5.41, 5.74) is 14.9. The number of rotatable bonds is 38. The Morgan fingerprint density at radius 1 is 0.278 bits per heavy atom. The number of hydrogen-bond acceptors (Lipinski definition) is 20. The lowest BCUT2D eigenvalue weighted by Crippen LogP contribution is -2.17. The van der Waals surface area contributed by atoms with Gasteiger partial charge in [0.15, 0.2) is 0 Å². The van der Waals surface area contributed by atoms with E-state index in [9.17, 15) is 39.6 Å². The van der Waals surface area contributed by atoms with Gasteiger partial charge in [-0.05, 0) is 305 Å². The van der Waals surface area contributed by atoms with Crippen LogP contribution in [0.3, 0.4) is 0 Å². The molecule has 0 amide bonds. The molecule has 0 aliphatic carbocycles. The second kappa shape index (κ2) is 53.2. The molecular weight excluding hydrogens is 1720 g/mol. The van der Waals surface area contributed by atoms with E-state index in [4.69, 9.17) is 18.9 Å². The molecule has 0 fully saturated rings. The highest BCUT2D eigenvalue weighted by atomic mass is 32.2. The molecule has 12 nitrogen and oxygen atoms in total. The monoisotopic (exact) mass is 1870 g/mol. The third kappa shape index (κ3) is 37.1. The Kier molecular flexibility index (Phi) is 46.5. The van der Waals surface area contributed by atoms with Crippen LogP contribution in [0, 0.1) is 83.1 Å². The van der Waals surface area contributed by atoms with Crippen molar-refractivity contribution in [2.24, 2.45) is 0 Å². The van der Waals surface area contributed by atoms with Crippen molar-refractivity contribution in [3.05, 3.63) is 186 Å². The molecule has 0 saturated heterocycles. The molecule has 0 aliphatic heterocycles. The van der Waals surface area contributed by atoms with Crippen LogP contribution in [-0.4, -0.2) is 91.3 Å². The van der Waals surface area contributed by atoms with Gasteiger partial charge >= 0.3 is 23.9 Å². The first-order chi connectivity index (χ1) is 59.1. The minimum atomic E-state index is -0.191. The number of unbranched alkanes of at least 4 members (excludes halogenated alkanes) is 10. The smallest absolute Gasteiger partial charge is 0.312 e. The lowest BCUT2D eigenvalue weighted by Gasteiger charge is -2.25. The van der Waals surface area contributed by atoms with Crippen molar-refractivity contribution in [2.75, 3.05) is 47.0 Å². The number of carbonyl (C=O) groups is 4. The zero-order valence-electron chi connectivity index (χ0n) is 81.1. The fourth-order valence-corrected chi connectivity index (χ4v) is 21.0. The Labute approximate surface area is 792 Å². The molecule has 0 bridgehead atoms. The van der Waals surface area contributed by atoms with Crippen LogP contribution in [0.5, 0.6) is 46.0 Å². The van der Waals surface area contributed by atoms with Gasteiger partial charge in [-0.25, -0.2) is 0 Å². The SMILES string of the molecule is CCCCCCCCCCCCSCCC(=O)Oc1c(C)cc(Sc2cc(C)c(O)c(C)c2)cc1C.CCCCSCCC(=O)Oc1c(C)cc(Sc2cc(C)c(O)c(C)c2)cc1C.CSCCC(=O)Oc1cc(C)c(Sc2cc(C(C)(C)C)c(O)cc2C)cc1C(C)(C)C.CSCCC(=O)Oc1cc(C)c(Sc2cc(C(C)(C)C)c(O)cc2C)cc1C(C)(C)C. The van der Waals surface area contributed by atoms with Gasteiger partial charge in [0.05, 0.1) is 25.7 Å². The van der Waals surface area contributed by atoms with Crippen molar-refractivity contribution in [1.29, 1.82) is 0 Å². The van der Waals surface area contributed by atoms with Crippen molar-refractivity contribution in [1.82, 2.24) is 0 Å². The molecule has 0 saturated carbocycles. The van der Waals surface area contributed by atoms with E-state index < -0.39 is 0 Å². The Morgan fingerprint density at radius 2 is 0.532 bits per heavy atom. The van der Waals surface area contributed by atoms with Crippen LogP contribution in [0.25, 0.3) is 0 Å². The van der Waals surface area contributed by atoms with Crippen LogP contribution in [0.1, 0.15) is 289 Å². The summed E-state index contributed by atoms with van der Waals surface area (Å²) in [4.78, 5) is 58.0. The van der Waals surface area contributed by atoms with Gasteiger partial charge in [0.1, 0.15) is 46.0 Å². The lowest BCUT2D eigenvalue weighted by atomic mass is 9.85. The minimum Gasteiger partial charge on any atom is -0.508 e. The number of benzene rings is 8. The molecule has 0 aromatic heterocycles. The molecule has 0 radical (unpaired) electrons. The molecule has 0 heterocycles. The number of aryl methyl sites for hydroxylation is 12. The lowest BCUT2D eigenvalue weighted by molar-refractivity contribution is -0.134. The summed E-state index contributed by atoms with van der Waals surface area (Å²) in [6.45, 7) is 53.6. The Balaban J connectivity index is 0.000000299. The zero-order chi connectivity index (χ0) is 94.1. The highest BCUT2D eigenvalue weighted by Gasteiger charge is 2.28. The highest BCUT2D eigenvalue weighted by molar-refractivity contribution is 8.00. The van der Waals surface area contributed by atoms with Crippen LogP contribution < -0.4 is 18.9 Å². The predicted octanol–water partition coefficient (Wildman–Crippen LogP) is 31.2. The third-order valence-electron chi connectivity index (χ3n) is 21.2. The van der Waals surface area contributed by atoms with E-state index in [2.05, 4.69) is 147 Å². The quantitative estimate of drug-likeness (QED) is 0.0162. The Morgan fingerprint density at radius 3 is 0.825 bits per heavy atom. The molecule has 4 N–H and O–H groups in total. The second-order valence-corrected chi connectivity index (χ2v) is 46.0. The number of carbonyl (C=O) groups excluding carboxylic acids is 4. The molecule has 692 valence electrons. The zero-order valence-corrected chi connectivity index (χ0v) is 87.6. The van der Waals surface area contributed by atoms with Gasteiger partial charge < -0.3 is 39.4 Å². The molecule has 20 heteroatoms. The van der Waals surface area contributed by atoms with Gasteiger partial charge in [0.25, 0.3) is 0 Å². The molecule has 0 aliphatic rings. The summed E-state index contributed by atoms with van der Waals surface area (Å²) in [6, 6.07) is 32.4. The number of esters is 4. The van der Waals surface area contributed by atoms with Gasteiger partial charge in [0.2, 0.25) is 0 Å². The van der Waals surface area contributed by atoms with Crippen molar-refractivity contribution in [2.45, 2.75) is 344 Å². The maximum absolute atomic E-state index is 12.4. The Bertz CT molecular complexity index is 4650. The largest absolute Gasteiger partial charge is 0.508 e. The normalized spacial score (nSPS) is 11.6. The number of hydrogen-bond donors (Lipinski definition) is 4. The summed E-state index contributed by atoms with van der Waals surface area (Å²) >= 11 is 13.7. The first-order valence-electron chi connectivity index (χ1n) is 44.6. The summed E-state index contributed by atoms with van der Waals surface area (Å²) in [5, 5.41) is 40.9. The molecular formula is C106H148O12S8. The van der Waals surface area contributed by atoms with Crippen LogP contribution in [0.2, 0.25) is 0 Å². The van der Waals surface area contributed by atoms with Crippen molar-refractivity contribution in [3.8, 4) is 46.0 Å². The highest BCUT2D eigenvalue weighted by Crippen LogP contribution is 2.47. The molecule has 8 rings (SSSR count). The van der Waals surface area contributed by atoms with Gasteiger partial charge in [0, 0.05) is 84.4 Å². The average Bonchev–Trinajstić information content (AvgIpc) is 0.787. The fraction of sp³-hybridized carbons (Fsp3) is 0.509. The van der Waals surface area contributed by atoms with Gasteiger partial charge in [-0.1, -0.05) is 208 Å². The van der Waals surface area contributed by atoms with Crippen LogP contribution in [-0.2, 0) is 40.8 Å². The first kappa shape index (κ1) is 110. The summed E-state index contributed by atoms with van der Waals surface area (Å²) in [5.74, 6) is 8.73. The third-order valence-corrected chi connectivity index (χ3v) is 29.1. The topological polar surface area (TPSA) is 186 Å². The van der Waals surface area contributed by atoms with E-state index in [0.717, 1.165) is 163 Å². The molecule has 0 atom stereocenters. The van der Waals surface area contributed by atoms with E-state index in [0.29, 0.717) is 71.7 Å². The van der Waals surface area contributed by atoms with E-state index >= 15 is 0 Å². The second-order valence-electron chi connectivity index (χ2n) is 37.1. The maximum atomic E-state index is 12.4. The summed E-state index contributed by atoms with van der Waals surface area (Å²) in [6.07, 6.45) is 21.6. The van der Waals surface area contributed by atoms with E-state index in [1.54, 1.807) is 70.6 Å². The number of phenols is 4. The molecule has 0 unspecified atom stereocenters. The minimum absolute atomic E-state index is 0.145. The predicted molar refractivity (Wildman–Crippen MR) is 546 cm³/mol. The van der Waals surface area contributed by atoms with E-state index in [1.807, 2.05) is 166 Å². The standard InChI is InChI=1S/C31H46O3S2.2C26H36O3S2.C23H30O3S2/c1-6-7-8-9-10-11-12-13-14-15-17-35-18-16-29(32)34-31-25(4)21-28(22-26(31)5)36-27-19-23(2)30(33)24(3)20-27;2*1-16-12-20(27)18(25(3,4)5)14-22(16)31-23-15-19(26(6,7)8)21(13-17(23)2)29-24(28)10-11-30-9;1-6-7-9-27-10-8-21(24)26-23-17(4)13-20(14-18(23)5)28-19-11-15(2)22(25)16(3)12-19/h19-22,33H,6-18H2,1-5H3;2*12-15,27H,10-11H2,1-9H3;11-14,25H,6-10H2,1-5H3. The first-order valence-corrected chi connectivity index (χ1v) is 53.0. The van der Waals surface area contributed by atoms with Crippen molar-refractivity contribution >= 4 is 118 Å². The van der Waals surface area contributed by atoms with Crippen molar-refractivity contribution in [3.63, 3.8) is 0 Å². The number of aromatic hydroxyl groups is 4. The Hall–Kier alpha value is -6.36. The number of thioether (sulfide) groups is 4. The molecule has 0 spiro atoms. The van der Waals surface area contributed by atoms with Crippen LogP contribution in [0.4, 0.5) is 0 Å². The fourth-order valence-electron chi connectivity index (χ4n) is 13.9. The van der Waals surface area contributed by atoms with Crippen molar-refractivity contribution < 1.29 is 58.6 Å². The summed E-state index contributed by atoms with van der Waals surface area (Å²) in [7, 11) is 0. The van der Waals surface area contributed by atoms with Gasteiger partial charge in [-0.3, -0.25) is 19.2 Å². The van der Waals surface area contributed by atoms with E-state index in [1.165, 1.54) is 77.0 Å².